The number of alkyl halides is 4. The van der Waals surface area contributed by atoms with Gasteiger partial charge >= 0.3 is 0 Å². The molecule has 3 saturated carbocycles. The van der Waals surface area contributed by atoms with E-state index in [0.29, 0.717) is 144 Å². The average molecular weight is 2190 g/mol. The highest BCUT2D eigenvalue weighted by Crippen LogP contribution is 2.56. The molecule has 9 aliphatic heterocycles. The van der Waals surface area contributed by atoms with Crippen LogP contribution in [0.1, 0.15) is 273 Å². The minimum Gasteiger partial charge on any atom is -0.490 e. The number of hydrogen-bond donors (Lipinski definition) is 6. The summed E-state index contributed by atoms with van der Waals surface area (Å²) in [4.78, 5) is 57.0. The summed E-state index contributed by atoms with van der Waals surface area (Å²) in [6.07, 6.45) is 20.6. The van der Waals surface area contributed by atoms with Gasteiger partial charge in [-0.2, -0.15) is 0 Å². The number of ether oxygens (including phenoxy) is 3. The molecule has 6 aliphatic carbocycles. The fourth-order valence-electron chi connectivity index (χ4n) is 28.6. The van der Waals surface area contributed by atoms with Gasteiger partial charge in [-0.1, -0.05) is 93.0 Å². The van der Waals surface area contributed by atoms with E-state index in [4.69, 9.17) is 49.0 Å². The Morgan fingerprint density at radius 2 is 0.693 bits per heavy atom. The molecule has 3 saturated heterocycles. The maximum absolute atomic E-state index is 14.1. The van der Waals surface area contributed by atoms with Crippen molar-refractivity contribution in [1.29, 1.82) is 0 Å². The Morgan fingerprint density at radius 3 is 1.02 bits per heavy atom. The van der Waals surface area contributed by atoms with Gasteiger partial charge in [0.25, 0.3) is 29.6 Å². The number of aryl methyl sites for hydroxylation is 3. The first-order chi connectivity index (χ1) is 71.2. The number of nitrogens with zero attached hydrogens (tertiary/aromatic N) is 7. The van der Waals surface area contributed by atoms with Crippen LogP contribution >= 0.6 is 34.8 Å². The van der Waals surface area contributed by atoms with Gasteiger partial charge in [0.2, 0.25) is 10.0 Å². The van der Waals surface area contributed by atoms with E-state index in [-0.39, 0.29) is 132 Å². The SMILES string of the molecule is C=S1(=O)NC(=O)c2ccc3c(c2)N(C[C@@H]2CC[C@H]2[C@@](O)(CN2CCC(F)(F)CC2)CCC[C@H](C)[C@H]1C)C[C@@]1(CCCc2cc(Cl)ccc21)CO3.C=S1(=O)NC(=O)c2ccc3c(c2)N(C[C@@H]2CC[C@H]2[C@@](O)(CN2CCCN(C)CC2)CCC[C@H](C)[C@H]1C)C[C@@]1(CCCc2cc(Cl)ccc21)CO3.C[C@@H]1[C@@H](C)CCC[C@@](O)(CN2CCC(F)(F)CC2)[C@@H]2CC[C@H]2CN2C[C@@]3(CCCc4cc(Cl)ccc43)COc3ccc(cc32)C(=O)NS1(=O)=O. The van der Waals surface area contributed by atoms with Crippen LogP contribution in [-0.4, -0.2) is 264 Å². The Morgan fingerprint density at radius 1 is 0.373 bits per heavy atom. The van der Waals surface area contributed by atoms with Gasteiger partial charge in [0.15, 0.2) is 0 Å². The van der Waals surface area contributed by atoms with Gasteiger partial charge in [-0.05, 0) is 372 Å². The molecule has 3 amide bonds. The third-order valence-corrected chi connectivity index (χ3v) is 45.7. The minimum atomic E-state index is -4.00. The topological polar surface area (TPSA) is 267 Å². The summed E-state index contributed by atoms with van der Waals surface area (Å²) in [6, 6.07) is 34.8. The maximum atomic E-state index is 14.1. The van der Waals surface area contributed by atoms with Gasteiger partial charge in [0.05, 0.1) is 78.4 Å². The number of benzene rings is 6. The number of hydrogen-bond acceptors (Lipinski definition) is 20. The fraction of sp³-hybridized carbons (Fsp3) is 0.650. The van der Waals surface area contributed by atoms with Crippen LogP contribution in [0.2, 0.25) is 15.1 Å². The molecule has 0 radical (unpaired) electrons. The standard InChI is InChI=1S/C40H57ClN4O4S.C39H52ClF2N3O4S.C38H50ClF2N3O5S/c1-28-8-5-17-40(47,26-44-19-7-18-43(3)20-21-44)35-13-10-32(35)24-45-25-39(16-6-9-30-22-33(41)12-14-34(30)39)27-49-37-15-11-31(23-36(37)45)38(46)42-50(4,48)29(28)2;1-26-6-4-15-38(47,24-44-18-16-39(41,42)17-19-44)33-11-8-30(33)22-45-23-37(14-5-7-28-20-31(40)10-12-32(28)37)25-49-35-13-9-29(21-34(35)45)36(46)43-50(3,48)27(26)2;1-25-5-3-14-37(46,23-43-17-15-38(40,41)16-18-43)32-10-7-29(32)21-44-22-36(13-4-6-27-19-30(39)9-11-31(27)36)24-49-34-12-8-28(20-33(34)44)35(45)42-50(47,48)26(25)2/h11-12,14-15,22-23,28-29,32,35,47H,4-10,13,16-21,24-27H2,1-3H3,(H,42,46,48);9-10,12-13,20-21,26-27,30,33,47H,3-8,11,14-19,22-25H2,1-2H3,(H,43,46,48);8-9,11-12,19-20,25-26,29,32,46H,3-7,10,13-18,21-24H2,1-2H3,(H,42,45)/t28-,29+,32-,35+,39-,40-,50?;26-,27+,30-,33+,37-,38-,50?;25-,26+,29-,32+,36-,37+/m000/s1. The summed E-state index contributed by atoms with van der Waals surface area (Å²) in [6.45, 7) is 23.5. The predicted molar refractivity (Wildman–Crippen MR) is 593 cm³/mol. The van der Waals surface area contributed by atoms with Gasteiger partial charge in [-0.15, -0.1) is 0 Å². The Labute approximate surface area is 902 Å². The highest BCUT2D eigenvalue weighted by molar-refractivity contribution is 7.99. The van der Waals surface area contributed by atoms with E-state index in [1.165, 1.54) is 33.4 Å². The van der Waals surface area contributed by atoms with Crippen molar-refractivity contribution in [2.75, 3.05) is 153 Å². The number of halogens is 7. The summed E-state index contributed by atoms with van der Waals surface area (Å²) in [7, 11) is -7.75. The maximum Gasteiger partial charge on any atom is 0.264 e. The summed E-state index contributed by atoms with van der Waals surface area (Å²) < 4.78 is 139. The number of anilines is 3. The molecule has 6 aromatic carbocycles. The number of nitrogens with one attached hydrogen (secondary N) is 3. The number of carbonyl (C=O) groups is 3. The molecule has 6 bridgehead atoms. The minimum absolute atomic E-state index is 0.00450. The summed E-state index contributed by atoms with van der Waals surface area (Å²) >= 11 is 19.4. The van der Waals surface area contributed by atoms with Gasteiger partial charge in [-0.3, -0.25) is 28.7 Å². The van der Waals surface area contributed by atoms with E-state index in [9.17, 15) is 64.1 Å². The Hall–Kier alpha value is -7.17. The van der Waals surface area contributed by atoms with Crippen LogP contribution in [-0.2, 0) is 64.9 Å². The number of likely N-dealkylation sites (N-methyl/N-ethyl adjacent to an activating group) is 1. The van der Waals surface area contributed by atoms with Crippen molar-refractivity contribution in [2.45, 2.75) is 288 Å². The molecule has 0 aromatic heterocycles. The number of aliphatic hydroxyl groups is 3. The molecule has 2 unspecified atom stereocenters. The highest BCUT2D eigenvalue weighted by Gasteiger charge is 2.56. The molecule has 6 fully saturated rings. The zero-order valence-corrected chi connectivity index (χ0v) is 93.5. The molecule has 822 valence electrons. The molecular formula is C117H159Cl3F4N10O13S3. The lowest BCUT2D eigenvalue weighted by Crippen LogP contribution is -2.58. The van der Waals surface area contributed by atoms with E-state index in [1.807, 2.05) is 86.0 Å². The number of fused-ring (bicyclic) bond motifs is 12. The van der Waals surface area contributed by atoms with Crippen molar-refractivity contribution in [3.05, 3.63) is 174 Å². The zero-order chi connectivity index (χ0) is 106. The third-order valence-electron chi connectivity index (χ3n) is 38.7. The number of sulfonamides is 1. The van der Waals surface area contributed by atoms with Crippen LogP contribution in [0, 0.1) is 53.3 Å². The first-order valence-electron chi connectivity index (χ1n) is 55.8. The van der Waals surface area contributed by atoms with Crippen LogP contribution in [0.25, 0.3) is 0 Å². The quantitative estimate of drug-likeness (QED) is 0.0668. The average Bonchev–Trinajstić information content (AvgIpc) is 1.59. The van der Waals surface area contributed by atoms with Gasteiger partial charge < -0.3 is 58.9 Å². The van der Waals surface area contributed by atoms with Crippen molar-refractivity contribution >= 4 is 111 Å². The Bertz CT molecular complexity index is 6050. The summed E-state index contributed by atoms with van der Waals surface area (Å²) in [5.74, 6) is 3.86. The van der Waals surface area contributed by atoms with E-state index >= 15 is 0 Å². The van der Waals surface area contributed by atoms with Crippen molar-refractivity contribution in [3.63, 3.8) is 0 Å². The van der Waals surface area contributed by atoms with Gasteiger partial charge in [0.1, 0.15) is 17.2 Å². The normalized spacial score (nSPS) is 35.5. The molecule has 9 heterocycles. The van der Waals surface area contributed by atoms with E-state index in [1.54, 1.807) is 37.3 Å². The van der Waals surface area contributed by atoms with E-state index in [2.05, 4.69) is 94.7 Å². The summed E-state index contributed by atoms with van der Waals surface area (Å²) in [5.41, 5.74) is 7.19. The monoisotopic (exact) mass is 2190 g/mol. The number of likely N-dealkylation sites (tertiary alicyclic amines) is 2. The van der Waals surface area contributed by atoms with Crippen molar-refractivity contribution in [2.24, 2.45) is 53.3 Å². The second kappa shape index (κ2) is 44.4. The number of piperidine rings is 2. The number of β-amino-alcohol motifs (C(OH)–C–C–N with tert-alkyl or cyclic N) is 3. The van der Waals surface area contributed by atoms with Gasteiger partial charge in [0, 0.05) is 182 Å². The Balaban J connectivity index is 0.000000141. The number of rotatable bonds is 6. The molecule has 15 aliphatic rings. The van der Waals surface area contributed by atoms with Crippen LogP contribution < -0.4 is 43.1 Å². The number of amides is 3. The van der Waals surface area contributed by atoms with Crippen LogP contribution in [0.4, 0.5) is 34.6 Å². The second-order valence-corrected chi connectivity index (χ2v) is 56.9. The molecule has 150 heavy (non-hydrogen) atoms. The van der Waals surface area contributed by atoms with Crippen molar-refractivity contribution < 1.29 is 78.3 Å². The van der Waals surface area contributed by atoms with Crippen molar-refractivity contribution in [3.8, 4) is 17.2 Å². The molecule has 6 aromatic rings. The smallest absolute Gasteiger partial charge is 0.264 e. The number of carbonyl (C=O) groups excluding carboxylic acids is 3. The lowest BCUT2D eigenvalue weighted by molar-refractivity contribution is -0.122. The fourth-order valence-corrected chi connectivity index (χ4v) is 33.5. The molecule has 33 heteroatoms. The molecule has 6 N–H and O–H groups in total. The van der Waals surface area contributed by atoms with Crippen LogP contribution in [0.5, 0.6) is 17.2 Å². The predicted octanol–water partition coefficient (Wildman–Crippen LogP) is 19.2. The largest absolute Gasteiger partial charge is 0.490 e. The van der Waals surface area contributed by atoms with Crippen LogP contribution in [0.3, 0.4) is 0 Å². The molecule has 21 rings (SSSR count). The molecular weight excluding hydrogens is 2030 g/mol. The van der Waals surface area contributed by atoms with E-state index < -0.39 is 80.4 Å². The third kappa shape index (κ3) is 23.8. The Kier molecular flexibility index (Phi) is 32.8. The van der Waals surface area contributed by atoms with Crippen LogP contribution in [0.15, 0.2) is 109 Å². The van der Waals surface area contributed by atoms with Gasteiger partial charge in [-0.25, -0.2) is 39.1 Å². The van der Waals surface area contributed by atoms with Crippen molar-refractivity contribution in [1.82, 2.24) is 33.8 Å². The highest BCUT2D eigenvalue weighted by atomic mass is 35.5. The first kappa shape index (κ1) is 111. The molecule has 3 spiro atoms. The van der Waals surface area contributed by atoms with E-state index in [0.717, 1.165) is 188 Å². The lowest BCUT2D eigenvalue weighted by Gasteiger charge is -2.52. The second-order valence-electron chi connectivity index (χ2n) is 48.7. The summed E-state index contributed by atoms with van der Waals surface area (Å²) in [5, 5.41) is 38.7. The molecule has 20 atom stereocenters. The molecule has 23 nitrogen and oxygen atoms in total. The lowest BCUT2D eigenvalue weighted by atomic mass is 9.62. The first-order valence-corrected chi connectivity index (χ1v) is 62.1. The zero-order valence-electron chi connectivity index (χ0n) is 88.8.